The number of halogens is 2. The average molecular weight is 341 g/mol. The van der Waals surface area contributed by atoms with Gasteiger partial charge in [-0.1, -0.05) is 15.9 Å². The van der Waals surface area contributed by atoms with E-state index in [1.54, 1.807) is 4.90 Å². The lowest BCUT2D eigenvalue weighted by Gasteiger charge is -2.14. The maximum atomic E-state index is 11.8. The van der Waals surface area contributed by atoms with Crippen LogP contribution in [-0.2, 0) is 0 Å². The monoisotopic (exact) mass is 339 g/mol. The molecule has 0 fully saturated rings. The zero-order chi connectivity index (χ0) is 10.6. The number of carbonyl (C=O) groups is 1. The molecule has 0 aliphatic heterocycles. The third-order valence-corrected chi connectivity index (χ3v) is 3.93. The summed E-state index contributed by atoms with van der Waals surface area (Å²) in [6.07, 6.45) is 0.981. The number of rotatable bonds is 4. The van der Waals surface area contributed by atoms with Crippen LogP contribution in [0.25, 0.3) is 0 Å². The summed E-state index contributed by atoms with van der Waals surface area (Å²) in [6.45, 7) is 0.791. The van der Waals surface area contributed by atoms with Gasteiger partial charge in [0, 0.05) is 18.9 Å². The van der Waals surface area contributed by atoms with Crippen molar-refractivity contribution < 1.29 is 4.79 Å². The minimum atomic E-state index is 0.0988. The molecule has 0 atom stereocenters. The fraction of sp³-hybridized carbons (Fsp3) is 0.444. The highest BCUT2D eigenvalue weighted by Crippen LogP contribution is 2.22. The third-order valence-electron chi connectivity index (χ3n) is 1.76. The van der Waals surface area contributed by atoms with Crippen molar-refractivity contribution in [1.29, 1.82) is 0 Å². The topological polar surface area (TPSA) is 20.3 Å². The van der Waals surface area contributed by atoms with E-state index in [1.165, 1.54) is 11.3 Å². The first kappa shape index (κ1) is 12.2. The molecule has 0 aromatic carbocycles. The minimum absolute atomic E-state index is 0.0988. The second-order valence-electron chi connectivity index (χ2n) is 2.87. The van der Waals surface area contributed by atoms with E-state index in [4.69, 9.17) is 0 Å². The van der Waals surface area contributed by atoms with E-state index >= 15 is 0 Å². The molecule has 78 valence electrons. The Morgan fingerprint density at radius 2 is 2.29 bits per heavy atom. The van der Waals surface area contributed by atoms with Crippen molar-refractivity contribution in [3.63, 3.8) is 0 Å². The van der Waals surface area contributed by atoms with Gasteiger partial charge in [-0.3, -0.25) is 4.79 Å². The quantitative estimate of drug-likeness (QED) is 0.769. The van der Waals surface area contributed by atoms with Crippen molar-refractivity contribution in [2.24, 2.45) is 0 Å². The van der Waals surface area contributed by atoms with E-state index in [0.29, 0.717) is 0 Å². The summed E-state index contributed by atoms with van der Waals surface area (Å²) in [6, 6.07) is 3.75. The molecule has 0 saturated heterocycles. The Balaban J connectivity index is 2.56. The van der Waals surface area contributed by atoms with Gasteiger partial charge in [0.15, 0.2) is 0 Å². The summed E-state index contributed by atoms with van der Waals surface area (Å²) in [4.78, 5) is 14.3. The predicted molar refractivity (Wildman–Crippen MR) is 67.4 cm³/mol. The third kappa shape index (κ3) is 3.37. The molecular formula is C9H11Br2NOS. The van der Waals surface area contributed by atoms with Crippen LogP contribution in [0.3, 0.4) is 0 Å². The summed E-state index contributed by atoms with van der Waals surface area (Å²) in [5.74, 6) is 0.0988. The van der Waals surface area contributed by atoms with Gasteiger partial charge in [-0.05, 0) is 34.5 Å². The zero-order valence-electron chi connectivity index (χ0n) is 7.80. The Kier molecular flexibility index (Phi) is 5.12. The molecule has 0 unspecified atom stereocenters. The predicted octanol–water partition coefficient (Wildman–Crippen LogP) is 3.37. The van der Waals surface area contributed by atoms with Crippen molar-refractivity contribution in [3.05, 3.63) is 20.8 Å². The molecule has 14 heavy (non-hydrogen) atoms. The van der Waals surface area contributed by atoms with Crippen molar-refractivity contribution in [2.75, 3.05) is 18.9 Å². The number of alkyl halides is 1. The average Bonchev–Trinajstić information content (AvgIpc) is 2.60. The lowest BCUT2D eigenvalue weighted by molar-refractivity contribution is 0.0800. The minimum Gasteiger partial charge on any atom is -0.341 e. The molecule has 0 N–H and O–H groups in total. The van der Waals surface area contributed by atoms with Crippen LogP contribution in [0.4, 0.5) is 0 Å². The lowest BCUT2D eigenvalue weighted by Crippen LogP contribution is -2.27. The van der Waals surface area contributed by atoms with Crippen molar-refractivity contribution >= 4 is 49.1 Å². The Labute approximate surface area is 105 Å². The molecule has 1 aromatic rings. The van der Waals surface area contributed by atoms with Gasteiger partial charge >= 0.3 is 0 Å². The van der Waals surface area contributed by atoms with Gasteiger partial charge in [0.1, 0.15) is 0 Å². The molecule has 0 bridgehead atoms. The van der Waals surface area contributed by atoms with Gasteiger partial charge in [-0.2, -0.15) is 0 Å². The zero-order valence-corrected chi connectivity index (χ0v) is 11.8. The first-order valence-corrected chi connectivity index (χ1v) is 6.95. The normalized spacial score (nSPS) is 10.2. The molecule has 1 heterocycles. The van der Waals surface area contributed by atoms with E-state index in [9.17, 15) is 4.79 Å². The molecular weight excluding hydrogens is 330 g/mol. The van der Waals surface area contributed by atoms with Gasteiger partial charge in [0.25, 0.3) is 5.91 Å². The molecule has 0 saturated carbocycles. The van der Waals surface area contributed by atoms with Gasteiger partial charge in [0.2, 0.25) is 0 Å². The summed E-state index contributed by atoms with van der Waals surface area (Å²) in [5.41, 5.74) is 0. The molecule has 5 heteroatoms. The molecule has 1 rings (SSSR count). The van der Waals surface area contributed by atoms with Gasteiger partial charge in [-0.15, -0.1) is 11.3 Å². The number of hydrogen-bond donors (Lipinski definition) is 0. The first-order valence-electron chi connectivity index (χ1n) is 4.22. The summed E-state index contributed by atoms with van der Waals surface area (Å²) in [5, 5.41) is 0.929. The van der Waals surface area contributed by atoms with Crippen LogP contribution in [0.5, 0.6) is 0 Å². The number of amides is 1. The Bertz CT molecular complexity index is 314. The van der Waals surface area contributed by atoms with E-state index in [1.807, 2.05) is 19.2 Å². The maximum Gasteiger partial charge on any atom is 0.263 e. The van der Waals surface area contributed by atoms with Gasteiger partial charge < -0.3 is 4.90 Å². The Morgan fingerprint density at radius 3 is 2.79 bits per heavy atom. The summed E-state index contributed by atoms with van der Waals surface area (Å²) < 4.78 is 0.995. The Morgan fingerprint density at radius 1 is 1.57 bits per heavy atom. The number of carbonyl (C=O) groups excluding carboxylic acids is 1. The summed E-state index contributed by atoms with van der Waals surface area (Å²) >= 11 is 8.16. The second kappa shape index (κ2) is 5.88. The Hall–Kier alpha value is 0.130. The SMILES string of the molecule is CN(CCCBr)C(=O)c1ccc(Br)s1. The highest BCUT2D eigenvalue weighted by Gasteiger charge is 2.12. The lowest BCUT2D eigenvalue weighted by atomic mass is 10.4. The largest absolute Gasteiger partial charge is 0.341 e. The molecule has 0 aliphatic rings. The molecule has 0 radical (unpaired) electrons. The van der Waals surface area contributed by atoms with Crippen LogP contribution >= 0.6 is 43.2 Å². The van der Waals surface area contributed by atoms with E-state index in [2.05, 4.69) is 31.9 Å². The second-order valence-corrected chi connectivity index (χ2v) is 6.13. The fourth-order valence-electron chi connectivity index (χ4n) is 1.02. The van der Waals surface area contributed by atoms with Gasteiger partial charge in [0.05, 0.1) is 8.66 Å². The number of hydrogen-bond acceptors (Lipinski definition) is 2. The number of nitrogens with zero attached hydrogens (tertiary/aromatic N) is 1. The first-order chi connectivity index (χ1) is 6.65. The molecule has 0 aliphatic carbocycles. The van der Waals surface area contributed by atoms with Crippen molar-refractivity contribution in [1.82, 2.24) is 4.90 Å². The fourth-order valence-corrected chi connectivity index (χ4v) is 2.65. The van der Waals surface area contributed by atoms with Gasteiger partial charge in [-0.25, -0.2) is 0 Å². The van der Waals surface area contributed by atoms with E-state index < -0.39 is 0 Å². The van der Waals surface area contributed by atoms with Crippen LogP contribution in [-0.4, -0.2) is 29.7 Å². The highest BCUT2D eigenvalue weighted by molar-refractivity contribution is 9.11. The van der Waals surface area contributed by atoms with Crippen molar-refractivity contribution in [2.45, 2.75) is 6.42 Å². The maximum absolute atomic E-state index is 11.8. The standard InChI is InChI=1S/C9H11Br2NOS/c1-12(6-2-5-10)9(13)7-3-4-8(11)14-7/h3-4H,2,5-6H2,1H3. The smallest absolute Gasteiger partial charge is 0.263 e. The molecule has 0 spiro atoms. The molecule has 1 amide bonds. The van der Waals surface area contributed by atoms with E-state index in [0.717, 1.165) is 27.0 Å². The number of thiophene rings is 1. The van der Waals surface area contributed by atoms with Crippen LogP contribution in [0.2, 0.25) is 0 Å². The van der Waals surface area contributed by atoms with Crippen LogP contribution < -0.4 is 0 Å². The van der Waals surface area contributed by atoms with E-state index in [-0.39, 0.29) is 5.91 Å². The molecule has 2 nitrogen and oxygen atoms in total. The van der Waals surface area contributed by atoms with Crippen LogP contribution in [0.15, 0.2) is 15.9 Å². The molecule has 1 aromatic heterocycles. The van der Waals surface area contributed by atoms with Crippen LogP contribution in [0, 0.1) is 0 Å². The summed E-state index contributed by atoms with van der Waals surface area (Å²) in [7, 11) is 1.83. The highest BCUT2D eigenvalue weighted by atomic mass is 79.9. The van der Waals surface area contributed by atoms with Crippen LogP contribution in [0.1, 0.15) is 16.1 Å². The van der Waals surface area contributed by atoms with Crippen molar-refractivity contribution in [3.8, 4) is 0 Å².